The monoisotopic (exact) mass is 216 g/mol. The van der Waals surface area contributed by atoms with E-state index in [-0.39, 0.29) is 0 Å². The molecule has 0 radical (unpaired) electrons. The summed E-state index contributed by atoms with van der Waals surface area (Å²) in [5.74, 6) is 2.55. The Bertz CT molecular complexity index is 170. The Morgan fingerprint density at radius 2 is 1.93 bits per heavy atom. The highest BCUT2D eigenvalue weighted by atomic mass is 32.2. The van der Waals surface area contributed by atoms with Gasteiger partial charge in [-0.2, -0.15) is 11.8 Å². The zero-order valence-corrected chi connectivity index (χ0v) is 9.52. The second kappa shape index (κ2) is 7.12. The Morgan fingerprint density at radius 3 is 2.57 bits per heavy atom. The maximum atomic E-state index is 11.6. The molecule has 0 aromatic carbocycles. The van der Waals surface area contributed by atoms with Crippen LogP contribution in [0.25, 0.3) is 0 Å². The van der Waals surface area contributed by atoms with Crippen molar-refractivity contribution in [2.24, 2.45) is 5.73 Å². The Morgan fingerprint density at radius 1 is 1.21 bits per heavy atom. The molecule has 0 unspecified atom stereocenters. The molecule has 82 valence electrons. The van der Waals surface area contributed by atoms with Gasteiger partial charge in [0.2, 0.25) is 5.91 Å². The van der Waals surface area contributed by atoms with Gasteiger partial charge in [0.25, 0.3) is 0 Å². The van der Waals surface area contributed by atoms with Crippen molar-refractivity contribution < 1.29 is 4.79 Å². The number of hydrogen-bond acceptors (Lipinski definition) is 3. The van der Waals surface area contributed by atoms with Crippen LogP contribution in [0.4, 0.5) is 0 Å². The van der Waals surface area contributed by atoms with Crippen LogP contribution in [0, 0.1) is 0 Å². The van der Waals surface area contributed by atoms with Gasteiger partial charge in [-0.25, -0.2) is 0 Å². The fourth-order valence-corrected chi connectivity index (χ4v) is 2.47. The molecule has 0 bridgehead atoms. The minimum Gasteiger partial charge on any atom is -0.341 e. The van der Waals surface area contributed by atoms with Gasteiger partial charge in [-0.1, -0.05) is 6.42 Å². The lowest BCUT2D eigenvalue weighted by molar-refractivity contribution is -0.130. The number of carbonyl (C=O) groups is 1. The van der Waals surface area contributed by atoms with E-state index in [1.807, 2.05) is 16.7 Å². The average Bonchev–Trinajstić information content (AvgIpc) is 2.25. The lowest BCUT2D eigenvalue weighted by atomic mass is 10.2. The largest absolute Gasteiger partial charge is 0.341 e. The summed E-state index contributed by atoms with van der Waals surface area (Å²) in [5, 5.41) is 0. The van der Waals surface area contributed by atoms with Gasteiger partial charge in [-0.15, -0.1) is 0 Å². The lowest BCUT2D eigenvalue weighted by Crippen LogP contribution is -2.37. The number of hydrogen-bond donors (Lipinski definition) is 1. The molecule has 0 aromatic heterocycles. The van der Waals surface area contributed by atoms with Crippen molar-refractivity contribution in [1.29, 1.82) is 0 Å². The second-order valence-electron chi connectivity index (χ2n) is 3.59. The van der Waals surface area contributed by atoms with Crippen molar-refractivity contribution in [3.05, 3.63) is 0 Å². The first-order valence-electron chi connectivity index (χ1n) is 5.40. The number of nitrogens with two attached hydrogens (primary N) is 1. The summed E-state index contributed by atoms with van der Waals surface area (Å²) in [7, 11) is 0. The summed E-state index contributed by atoms with van der Waals surface area (Å²) >= 11 is 1.94. The van der Waals surface area contributed by atoms with Gasteiger partial charge in [-0.3, -0.25) is 4.79 Å². The number of nitrogens with zero attached hydrogens (tertiary/aromatic N) is 1. The highest BCUT2D eigenvalue weighted by molar-refractivity contribution is 7.99. The summed E-state index contributed by atoms with van der Waals surface area (Å²) in [4.78, 5) is 13.6. The van der Waals surface area contributed by atoms with E-state index < -0.39 is 0 Å². The Balaban J connectivity index is 2.07. The molecule has 1 aliphatic heterocycles. The van der Waals surface area contributed by atoms with E-state index in [1.165, 1.54) is 0 Å². The molecule has 0 aliphatic carbocycles. The SMILES string of the molecule is NCCCCCC(=O)N1CCSCC1. The highest BCUT2D eigenvalue weighted by Crippen LogP contribution is 2.11. The van der Waals surface area contributed by atoms with E-state index in [9.17, 15) is 4.79 Å². The molecular formula is C10H20N2OS. The molecular weight excluding hydrogens is 196 g/mol. The number of thioether (sulfide) groups is 1. The van der Waals surface area contributed by atoms with Crippen LogP contribution in [0.1, 0.15) is 25.7 Å². The van der Waals surface area contributed by atoms with E-state index in [0.717, 1.165) is 50.4 Å². The van der Waals surface area contributed by atoms with Gasteiger partial charge in [0.15, 0.2) is 0 Å². The summed E-state index contributed by atoms with van der Waals surface area (Å²) in [6.45, 7) is 2.63. The summed E-state index contributed by atoms with van der Waals surface area (Å²) in [6.07, 6.45) is 3.85. The first kappa shape index (κ1) is 11.9. The zero-order chi connectivity index (χ0) is 10.2. The fourth-order valence-electron chi connectivity index (χ4n) is 1.57. The van der Waals surface area contributed by atoms with Crippen molar-refractivity contribution in [3.63, 3.8) is 0 Å². The van der Waals surface area contributed by atoms with Crippen LogP contribution in [-0.2, 0) is 4.79 Å². The van der Waals surface area contributed by atoms with Gasteiger partial charge in [0, 0.05) is 31.0 Å². The summed E-state index contributed by atoms with van der Waals surface area (Å²) < 4.78 is 0. The van der Waals surface area contributed by atoms with Crippen molar-refractivity contribution >= 4 is 17.7 Å². The predicted molar refractivity (Wildman–Crippen MR) is 61.4 cm³/mol. The number of unbranched alkanes of at least 4 members (excludes halogenated alkanes) is 2. The van der Waals surface area contributed by atoms with Crippen molar-refractivity contribution in [2.45, 2.75) is 25.7 Å². The number of carbonyl (C=O) groups excluding carboxylic acids is 1. The van der Waals surface area contributed by atoms with E-state index in [1.54, 1.807) is 0 Å². The first-order valence-corrected chi connectivity index (χ1v) is 6.55. The van der Waals surface area contributed by atoms with Gasteiger partial charge in [-0.05, 0) is 19.4 Å². The van der Waals surface area contributed by atoms with Crippen LogP contribution in [0.15, 0.2) is 0 Å². The van der Waals surface area contributed by atoms with Crippen LogP contribution in [0.2, 0.25) is 0 Å². The topological polar surface area (TPSA) is 46.3 Å². The molecule has 0 saturated carbocycles. The van der Waals surface area contributed by atoms with Crippen molar-refractivity contribution in [3.8, 4) is 0 Å². The number of amides is 1. The molecule has 1 saturated heterocycles. The maximum Gasteiger partial charge on any atom is 0.222 e. The maximum absolute atomic E-state index is 11.6. The minimum absolute atomic E-state index is 0.335. The van der Waals surface area contributed by atoms with E-state index >= 15 is 0 Å². The molecule has 1 aliphatic rings. The molecule has 1 heterocycles. The van der Waals surface area contributed by atoms with Gasteiger partial charge >= 0.3 is 0 Å². The van der Waals surface area contributed by atoms with Crippen LogP contribution >= 0.6 is 11.8 Å². The van der Waals surface area contributed by atoms with Gasteiger partial charge < -0.3 is 10.6 Å². The van der Waals surface area contributed by atoms with E-state index in [2.05, 4.69) is 0 Å². The number of rotatable bonds is 5. The van der Waals surface area contributed by atoms with Gasteiger partial charge in [0.05, 0.1) is 0 Å². The molecule has 2 N–H and O–H groups in total. The molecule has 3 nitrogen and oxygen atoms in total. The third-order valence-corrected chi connectivity index (χ3v) is 3.40. The quantitative estimate of drug-likeness (QED) is 0.700. The molecule has 1 amide bonds. The van der Waals surface area contributed by atoms with E-state index in [4.69, 9.17) is 5.73 Å². The normalized spacial score (nSPS) is 17.1. The smallest absolute Gasteiger partial charge is 0.222 e. The van der Waals surface area contributed by atoms with Gasteiger partial charge in [0.1, 0.15) is 0 Å². The molecule has 1 fully saturated rings. The fraction of sp³-hybridized carbons (Fsp3) is 0.900. The predicted octanol–water partition coefficient (Wildman–Crippen LogP) is 1.08. The molecule has 4 heteroatoms. The third-order valence-electron chi connectivity index (χ3n) is 2.46. The molecule has 14 heavy (non-hydrogen) atoms. The third kappa shape index (κ3) is 4.33. The zero-order valence-electron chi connectivity index (χ0n) is 8.71. The summed E-state index contributed by atoms with van der Waals surface area (Å²) in [5.41, 5.74) is 5.39. The minimum atomic E-state index is 0.335. The summed E-state index contributed by atoms with van der Waals surface area (Å²) in [6, 6.07) is 0. The van der Waals surface area contributed by atoms with Crippen LogP contribution < -0.4 is 5.73 Å². The average molecular weight is 216 g/mol. The van der Waals surface area contributed by atoms with Crippen molar-refractivity contribution in [2.75, 3.05) is 31.1 Å². The molecule has 0 spiro atoms. The first-order chi connectivity index (χ1) is 6.84. The standard InChI is InChI=1S/C10H20N2OS/c11-5-3-1-2-4-10(13)12-6-8-14-9-7-12/h1-9,11H2. The van der Waals surface area contributed by atoms with Crippen molar-refractivity contribution in [1.82, 2.24) is 4.90 Å². The molecule has 0 aromatic rings. The second-order valence-corrected chi connectivity index (χ2v) is 4.82. The highest BCUT2D eigenvalue weighted by Gasteiger charge is 2.15. The van der Waals surface area contributed by atoms with Crippen LogP contribution in [0.3, 0.4) is 0 Å². The molecule has 0 atom stereocenters. The Hall–Kier alpha value is -0.220. The van der Waals surface area contributed by atoms with Crippen LogP contribution in [-0.4, -0.2) is 41.9 Å². The Labute approximate surface area is 90.4 Å². The van der Waals surface area contributed by atoms with Crippen LogP contribution in [0.5, 0.6) is 0 Å². The molecule has 1 rings (SSSR count). The lowest BCUT2D eigenvalue weighted by Gasteiger charge is -2.26. The van der Waals surface area contributed by atoms with E-state index in [0.29, 0.717) is 12.3 Å². The Kier molecular flexibility index (Phi) is 6.03.